The standard InChI is InChI=1S/C21H28BN3O2/c1-16-11-19(7-8-24(16)14-17-5-3-2-4-6-17)25(22)15-18-12-20-21(13-23-18)27-10-9-26-20/h2-6,12-13,16,19H,7-11,14-15,22H2,1H3. The molecule has 0 N–H and O–H groups in total. The van der Waals surface area contributed by atoms with Gasteiger partial charge in [0.05, 0.1) is 11.9 Å². The molecule has 2 atom stereocenters. The highest BCUT2D eigenvalue weighted by Gasteiger charge is 2.28. The van der Waals surface area contributed by atoms with Crippen LogP contribution in [0.4, 0.5) is 0 Å². The second-order valence-electron chi connectivity index (χ2n) is 7.72. The van der Waals surface area contributed by atoms with E-state index in [9.17, 15) is 0 Å². The lowest BCUT2D eigenvalue weighted by molar-refractivity contribution is 0.100. The molecule has 3 heterocycles. The predicted octanol–water partition coefficient (Wildman–Crippen LogP) is 2.26. The zero-order valence-corrected chi connectivity index (χ0v) is 16.3. The highest BCUT2D eigenvalue weighted by Crippen LogP contribution is 2.30. The van der Waals surface area contributed by atoms with Gasteiger partial charge in [-0.05, 0) is 25.3 Å². The zero-order chi connectivity index (χ0) is 18.6. The van der Waals surface area contributed by atoms with Crippen LogP contribution in [0.2, 0.25) is 0 Å². The van der Waals surface area contributed by atoms with Gasteiger partial charge < -0.3 is 14.3 Å². The number of ether oxygens (including phenoxy) is 2. The van der Waals surface area contributed by atoms with Crippen LogP contribution in [0.1, 0.15) is 31.0 Å². The Labute approximate surface area is 162 Å². The second-order valence-corrected chi connectivity index (χ2v) is 7.72. The lowest BCUT2D eigenvalue weighted by Crippen LogP contribution is -2.47. The fraction of sp³-hybridized carbons (Fsp3) is 0.476. The van der Waals surface area contributed by atoms with Crippen molar-refractivity contribution in [1.29, 1.82) is 0 Å². The smallest absolute Gasteiger partial charge is 0.186 e. The van der Waals surface area contributed by atoms with Crippen LogP contribution in [0.25, 0.3) is 0 Å². The lowest BCUT2D eigenvalue weighted by Gasteiger charge is -2.41. The van der Waals surface area contributed by atoms with E-state index in [1.165, 1.54) is 18.4 Å². The Balaban J connectivity index is 1.33. The Hall–Kier alpha value is -2.05. The summed E-state index contributed by atoms with van der Waals surface area (Å²) in [4.78, 5) is 9.60. The van der Waals surface area contributed by atoms with Crippen LogP contribution in [0.15, 0.2) is 42.6 Å². The molecule has 1 fully saturated rings. The predicted molar refractivity (Wildman–Crippen MR) is 109 cm³/mol. The van der Waals surface area contributed by atoms with Gasteiger partial charge in [0.2, 0.25) is 0 Å². The number of pyridine rings is 1. The van der Waals surface area contributed by atoms with Gasteiger partial charge in [-0.3, -0.25) is 9.88 Å². The second kappa shape index (κ2) is 8.32. The van der Waals surface area contributed by atoms with E-state index in [0.29, 0.717) is 25.3 Å². The van der Waals surface area contributed by atoms with Crippen molar-refractivity contribution in [3.63, 3.8) is 0 Å². The molecule has 1 aromatic heterocycles. The highest BCUT2D eigenvalue weighted by molar-refractivity contribution is 6.04. The van der Waals surface area contributed by atoms with Crippen LogP contribution in [0.5, 0.6) is 11.5 Å². The number of piperidine rings is 1. The number of benzene rings is 1. The average Bonchev–Trinajstić information content (AvgIpc) is 2.70. The Kier molecular flexibility index (Phi) is 5.65. The monoisotopic (exact) mass is 365 g/mol. The van der Waals surface area contributed by atoms with E-state index in [2.05, 4.69) is 59.9 Å². The molecule has 0 amide bonds. The molecule has 0 spiro atoms. The molecule has 1 aromatic carbocycles. The van der Waals surface area contributed by atoms with Crippen LogP contribution in [0.3, 0.4) is 0 Å². The first-order valence-corrected chi connectivity index (χ1v) is 9.92. The van der Waals surface area contributed by atoms with E-state index < -0.39 is 0 Å². The number of fused-ring (bicyclic) bond motifs is 1. The van der Waals surface area contributed by atoms with Gasteiger partial charge in [0, 0.05) is 37.8 Å². The maximum Gasteiger partial charge on any atom is 0.186 e. The Bertz CT molecular complexity index is 758. The fourth-order valence-corrected chi connectivity index (χ4v) is 4.11. The molecule has 4 rings (SSSR count). The third-order valence-corrected chi connectivity index (χ3v) is 5.74. The van der Waals surface area contributed by atoms with Gasteiger partial charge in [-0.2, -0.15) is 0 Å². The molecule has 2 aromatic rings. The molecular formula is C21H28BN3O2. The number of nitrogens with zero attached hydrogens (tertiary/aromatic N) is 3. The molecule has 0 bridgehead atoms. The van der Waals surface area contributed by atoms with Gasteiger partial charge in [-0.25, -0.2) is 0 Å². The molecule has 2 aliphatic heterocycles. The minimum absolute atomic E-state index is 0.583. The number of hydrogen-bond acceptors (Lipinski definition) is 5. The Morgan fingerprint density at radius 2 is 1.96 bits per heavy atom. The van der Waals surface area contributed by atoms with Crippen LogP contribution in [-0.2, 0) is 13.1 Å². The van der Waals surface area contributed by atoms with Crippen molar-refractivity contribution in [2.75, 3.05) is 19.8 Å². The van der Waals surface area contributed by atoms with Gasteiger partial charge in [0.1, 0.15) is 13.2 Å². The van der Waals surface area contributed by atoms with E-state index in [0.717, 1.165) is 36.8 Å². The van der Waals surface area contributed by atoms with E-state index in [1.54, 1.807) is 6.20 Å². The molecule has 6 heteroatoms. The maximum atomic E-state index is 5.69. The van der Waals surface area contributed by atoms with Crippen molar-refractivity contribution in [3.05, 3.63) is 53.9 Å². The third-order valence-electron chi connectivity index (χ3n) is 5.74. The first kappa shape index (κ1) is 18.3. The van der Waals surface area contributed by atoms with Crippen LogP contribution in [0, 0.1) is 0 Å². The molecule has 2 aliphatic rings. The van der Waals surface area contributed by atoms with Gasteiger partial charge in [0.25, 0.3) is 0 Å². The van der Waals surface area contributed by atoms with Crippen molar-refractivity contribution >= 4 is 7.98 Å². The summed E-state index contributed by atoms with van der Waals surface area (Å²) in [7, 11) is 2.21. The third kappa shape index (κ3) is 4.45. The largest absolute Gasteiger partial charge is 0.486 e. The first-order chi connectivity index (χ1) is 13.2. The van der Waals surface area contributed by atoms with E-state index in [4.69, 9.17) is 9.47 Å². The molecular weight excluding hydrogens is 337 g/mol. The van der Waals surface area contributed by atoms with Crippen molar-refractivity contribution < 1.29 is 9.47 Å². The van der Waals surface area contributed by atoms with Gasteiger partial charge >= 0.3 is 0 Å². The van der Waals surface area contributed by atoms with Crippen LogP contribution < -0.4 is 9.47 Å². The summed E-state index contributed by atoms with van der Waals surface area (Å²) < 4.78 is 11.3. The highest BCUT2D eigenvalue weighted by atomic mass is 16.6. The quantitative estimate of drug-likeness (QED) is 0.760. The van der Waals surface area contributed by atoms with Gasteiger partial charge in [-0.1, -0.05) is 30.3 Å². The van der Waals surface area contributed by atoms with Gasteiger partial charge in [-0.15, -0.1) is 0 Å². The summed E-state index contributed by atoms with van der Waals surface area (Å²) in [6, 6.07) is 14.0. The number of aromatic nitrogens is 1. The van der Waals surface area contributed by atoms with E-state index in [-0.39, 0.29) is 0 Å². The molecule has 2 unspecified atom stereocenters. The zero-order valence-electron chi connectivity index (χ0n) is 16.3. The van der Waals surface area contributed by atoms with Crippen molar-refractivity contribution in [1.82, 2.24) is 14.7 Å². The molecule has 0 saturated carbocycles. The summed E-state index contributed by atoms with van der Waals surface area (Å²) in [6.07, 6.45) is 4.18. The number of likely N-dealkylation sites (tertiary alicyclic amines) is 1. The summed E-state index contributed by atoms with van der Waals surface area (Å²) in [5.74, 6) is 1.58. The number of rotatable bonds is 5. The van der Waals surface area contributed by atoms with Crippen LogP contribution in [-0.4, -0.2) is 54.5 Å². The molecule has 142 valence electrons. The lowest BCUT2D eigenvalue weighted by atomic mass is 9.94. The summed E-state index contributed by atoms with van der Waals surface area (Å²) >= 11 is 0. The van der Waals surface area contributed by atoms with E-state index >= 15 is 0 Å². The minimum atomic E-state index is 0.583. The summed E-state index contributed by atoms with van der Waals surface area (Å²) in [6.45, 7) is 6.59. The Morgan fingerprint density at radius 1 is 1.19 bits per heavy atom. The van der Waals surface area contributed by atoms with Crippen molar-refractivity contribution in [3.8, 4) is 11.5 Å². The average molecular weight is 365 g/mol. The summed E-state index contributed by atoms with van der Waals surface area (Å²) in [5, 5.41) is 0. The topological polar surface area (TPSA) is 37.8 Å². The molecule has 0 aliphatic carbocycles. The molecule has 0 radical (unpaired) electrons. The number of hydrogen-bond donors (Lipinski definition) is 0. The van der Waals surface area contributed by atoms with Crippen molar-refractivity contribution in [2.45, 2.75) is 44.9 Å². The molecule has 5 nitrogen and oxygen atoms in total. The van der Waals surface area contributed by atoms with Crippen LogP contribution >= 0.6 is 0 Å². The van der Waals surface area contributed by atoms with Gasteiger partial charge in [0.15, 0.2) is 19.5 Å². The molecule has 27 heavy (non-hydrogen) atoms. The Morgan fingerprint density at radius 3 is 2.74 bits per heavy atom. The van der Waals surface area contributed by atoms with Crippen molar-refractivity contribution in [2.24, 2.45) is 0 Å². The van der Waals surface area contributed by atoms with E-state index in [1.807, 2.05) is 6.07 Å². The normalized spacial score (nSPS) is 22.7. The first-order valence-electron chi connectivity index (χ1n) is 9.92. The SMILES string of the molecule is BN(Cc1cc2c(cn1)OCCO2)C1CCN(Cc2ccccc2)C(C)C1. The fourth-order valence-electron chi connectivity index (χ4n) is 4.11. The maximum absolute atomic E-state index is 5.69. The minimum Gasteiger partial charge on any atom is -0.486 e. The molecule has 1 saturated heterocycles. The summed E-state index contributed by atoms with van der Waals surface area (Å²) in [5.41, 5.74) is 2.44.